The zero-order valence-electron chi connectivity index (χ0n) is 12.2. The fraction of sp³-hybridized carbons (Fsp3) is 0.385. The highest BCUT2D eigenvalue weighted by atomic mass is 127. The Balaban J connectivity index is 0.00000242. The number of aliphatic imine (C=N–C) groups is 1. The third-order valence-electron chi connectivity index (χ3n) is 2.82. The van der Waals surface area contributed by atoms with E-state index in [9.17, 15) is 8.78 Å². The van der Waals surface area contributed by atoms with Gasteiger partial charge in [-0.25, -0.2) is 4.98 Å². The van der Waals surface area contributed by atoms with E-state index in [1.807, 2.05) is 13.0 Å². The second-order valence-electron chi connectivity index (χ2n) is 4.32. The number of alkyl halides is 2. The number of rotatable bonds is 5. The minimum absolute atomic E-state index is 0. The maximum atomic E-state index is 12.7. The van der Waals surface area contributed by atoms with Gasteiger partial charge in [-0.1, -0.05) is 0 Å². The fourth-order valence-electron chi connectivity index (χ4n) is 1.79. The third kappa shape index (κ3) is 5.20. The molecule has 0 fully saturated rings. The van der Waals surface area contributed by atoms with E-state index in [0.29, 0.717) is 12.5 Å². The molecular weight excluding hydrogens is 423 g/mol. The van der Waals surface area contributed by atoms with Gasteiger partial charge < -0.3 is 10.6 Å². The number of nitrogens with zero attached hydrogens (tertiary/aromatic N) is 3. The van der Waals surface area contributed by atoms with E-state index >= 15 is 0 Å². The summed E-state index contributed by atoms with van der Waals surface area (Å²) in [5.41, 5.74) is 0. The lowest BCUT2D eigenvalue weighted by atomic mass is 10.4. The number of hydrogen-bond acceptors (Lipinski definition) is 3. The smallest absolute Gasteiger partial charge is 0.319 e. The van der Waals surface area contributed by atoms with Gasteiger partial charge in [0, 0.05) is 29.2 Å². The van der Waals surface area contributed by atoms with Gasteiger partial charge in [-0.2, -0.15) is 8.78 Å². The molecule has 0 saturated heterocycles. The van der Waals surface area contributed by atoms with Crippen LogP contribution in [0.15, 0.2) is 29.5 Å². The van der Waals surface area contributed by atoms with Gasteiger partial charge >= 0.3 is 6.55 Å². The summed E-state index contributed by atoms with van der Waals surface area (Å²) in [7, 11) is 1.63. The Labute approximate surface area is 148 Å². The molecule has 0 aliphatic heterocycles. The Bertz CT molecular complexity index is 611. The van der Waals surface area contributed by atoms with Crippen LogP contribution < -0.4 is 10.6 Å². The van der Waals surface area contributed by atoms with E-state index in [0.717, 1.165) is 4.57 Å². The van der Waals surface area contributed by atoms with Crippen LogP contribution in [0, 0.1) is 6.92 Å². The van der Waals surface area contributed by atoms with Crippen LogP contribution in [-0.4, -0.2) is 22.6 Å². The monoisotopic (exact) mass is 441 g/mol. The first-order valence-corrected chi connectivity index (χ1v) is 7.21. The molecule has 2 aromatic rings. The molecule has 0 atom stereocenters. The molecule has 122 valence electrons. The molecule has 0 aliphatic rings. The SMILES string of the molecule is CN=C(NCc1ccc(C)s1)NCc1nccn1C(F)F.I. The highest BCUT2D eigenvalue weighted by Crippen LogP contribution is 2.14. The molecule has 0 bridgehead atoms. The van der Waals surface area contributed by atoms with Crippen molar-refractivity contribution in [2.24, 2.45) is 4.99 Å². The Hall–Kier alpha value is -1.23. The van der Waals surface area contributed by atoms with Crippen LogP contribution in [-0.2, 0) is 13.1 Å². The van der Waals surface area contributed by atoms with Crippen molar-refractivity contribution < 1.29 is 8.78 Å². The number of hydrogen-bond donors (Lipinski definition) is 2. The number of aryl methyl sites for hydroxylation is 1. The molecule has 2 heterocycles. The predicted molar refractivity (Wildman–Crippen MR) is 95.0 cm³/mol. The van der Waals surface area contributed by atoms with Crippen molar-refractivity contribution >= 4 is 41.3 Å². The van der Waals surface area contributed by atoms with Crippen LogP contribution in [0.25, 0.3) is 0 Å². The van der Waals surface area contributed by atoms with Crippen LogP contribution in [0.5, 0.6) is 0 Å². The van der Waals surface area contributed by atoms with Crippen LogP contribution in [0.4, 0.5) is 8.78 Å². The number of nitrogens with one attached hydrogen (secondary N) is 2. The lowest BCUT2D eigenvalue weighted by Crippen LogP contribution is -2.36. The molecule has 0 amide bonds. The average molecular weight is 441 g/mol. The summed E-state index contributed by atoms with van der Waals surface area (Å²) in [4.78, 5) is 10.4. The van der Waals surface area contributed by atoms with Gasteiger partial charge in [-0.05, 0) is 19.1 Å². The molecule has 0 saturated carbocycles. The predicted octanol–water partition coefficient (Wildman–Crippen LogP) is 3.13. The van der Waals surface area contributed by atoms with E-state index in [1.54, 1.807) is 18.4 Å². The van der Waals surface area contributed by atoms with Crippen molar-refractivity contribution in [1.29, 1.82) is 0 Å². The minimum atomic E-state index is -2.59. The van der Waals surface area contributed by atoms with Crippen LogP contribution in [0.3, 0.4) is 0 Å². The van der Waals surface area contributed by atoms with Gasteiger partial charge in [0.2, 0.25) is 0 Å². The fourth-order valence-corrected chi connectivity index (χ4v) is 2.62. The summed E-state index contributed by atoms with van der Waals surface area (Å²) in [6.07, 6.45) is 2.61. The lowest BCUT2D eigenvalue weighted by Gasteiger charge is -2.12. The summed E-state index contributed by atoms with van der Waals surface area (Å²) < 4.78 is 26.2. The summed E-state index contributed by atoms with van der Waals surface area (Å²) in [6, 6.07) is 4.10. The van der Waals surface area contributed by atoms with E-state index in [1.165, 1.54) is 22.1 Å². The molecule has 0 spiro atoms. The van der Waals surface area contributed by atoms with Crippen LogP contribution in [0.2, 0.25) is 0 Å². The van der Waals surface area contributed by atoms with Crippen molar-refractivity contribution in [1.82, 2.24) is 20.2 Å². The van der Waals surface area contributed by atoms with Crippen molar-refractivity contribution in [3.05, 3.63) is 40.1 Å². The third-order valence-corrected chi connectivity index (χ3v) is 3.82. The van der Waals surface area contributed by atoms with Crippen molar-refractivity contribution in [3.8, 4) is 0 Å². The summed E-state index contributed by atoms with van der Waals surface area (Å²) in [6.45, 7) is 0.279. The maximum Gasteiger partial charge on any atom is 0.319 e. The van der Waals surface area contributed by atoms with Crippen molar-refractivity contribution in [2.45, 2.75) is 26.6 Å². The molecule has 0 aromatic carbocycles. The Morgan fingerprint density at radius 3 is 2.68 bits per heavy atom. The second-order valence-corrected chi connectivity index (χ2v) is 5.69. The zero-order valence-corrected chi connectivity index (χ0v) is 15.4. The maximum absolute atomic E-state index is 12.7. The van der Waals surface area contributed by atoms with Gasteiger partial charge in [0.15, 0.2) is 5.96 Å². The van der Waals surface area contributed by atoms with Gasteiger partial charge in [-0.3, -0.25) is 9.56 Å². The Kier molecular flexibility index (Phi) is 7.73. The Morgan fingerprint density at radius 1 is 1.36 bits per heavy atom. The largest absolute Gasteiger partial charge is 0.352 e. The average Bonchev–Trinajstić information content (AvgIpc) is 3.08. The first-order chi connectivity index (χ1) is 10.1. The Morgan fingerprint density at radius 2 is 2.09 bits per heavy atom. The van der Waals surface area contributed by atoms with Crippen LogP contribution >= 0.6 is 35.3 Å². The normalized spacial score (nSPS) is 11.4. The molecule has 5 nitrogen and oxygen atoms in total. The molecule has 0 unspecified atom stereocenters. The highest BCUT2D eigenvalue weighted by Gasteiger charge is 2.11. The molecule has 2 N–H and O–H groups in total. The van der Waals surface area contributed by atoms with Gasteiger partial charge in [0.1, 0.15) is 5.82 Å². The van der Waals surface area contributed by atoms with E-state index in [-0.39, 0.29) is 36.3 Å². The molecule has 0 radical (unpaired) electrons. The standard InChI is InChI=1S/C13H17F2N5S.HI/c1-9-3-4-10(21-9)7-18-13(16-2)19-8-11-17-5-6-20(11)12(14)15;/h3-6,12H,7-8H2,1-2H3,(H2,16,18,19);1H. The topological polar surface area (TPSA) is 54.2 Å². The van der Waals surface area contributed by atoms with Gasteiger partial charge in [0.05, 0.1) is 13.1 Å². The first kappa shape index (κ1) is 18.8. The quantitative estimate of drug-likeness (QED) is 0.426. The molecule has 0 aliphatic carbocycles. The van der Waals surface area contributed by atoms with E-state index in [4.69, 9.17) is 0 Å². The van der Waals surface area contributed by atoms with E-state index < -0.39 is 6.55 Å². The molecule has 22 heavy (non-hydrogen) atoms. The first-order valence-electron chi connectivity index (χ1n) is 6.40. The van der Waals surface area contributed by atoms with Crippen LogP contribution in [0.1, 0.15) is 22.1 Å². The molecule has 2 aromatic heterocycles. The number of aromatic nitrogens is 2. The van der Waals surface area contributed by atoms with Crippen molar-refractivity contribution in [2.75, 3.05) is 7.05 Å². The number of thiophene rings is 1. The van der Waals surface area contributed by atoms with E-state index in [2.05, 4.69) is 26.7 Å². The minimum Gasteiger partial charge on any atom is -0.352 e. The number of guanidine groups is 1. The summed E-state index contributed by atoms with van der Waals surface area (Å²) in [5.74, 6) is 0.810. The molecule has 2 rings (SSSR count). The second kappa shape index (κ2) is 9.03. The molecule has 9 heteroatoms. The zero-order chi connectivity index (χ0) is 15.2. The number of halogens is 3. The highest BCUT2D eigenvalue weighted by molar-refractivity contribution is 14.0. The summed E-state index contributed by atoms with van der Waals surface area (Å²) >= 11 is 1.70. The lowest BCUT2D eigenvalue weighted by molar-refractivity contribution is 0.0668. The van der Waals surface area contributed by atoms with Crippen molar-refractivity contribution in [3.63, 3.8) is 0 Å². The van der Waals surface area contributed by atoms with Gasteiger partial charge in [0.25, 0.3) is 0 Å². The number of imidazole rings is 1. The van der Waals surface area contributed by atoms with Gasteiger partial charge in [-0.15, -0.1) is 35.3 Å². The molecular formula is C13H18F2IN5S. The summed E-state index contributed by atoms with van der Waals surface area (Å²) in [5, 5.41) is 6.11.